The Morgan fingerprint density at radius 1 is 1.03 bits per heavy atom. The van der Waals surface area contributed by atoms with Crippen molar-refractivity contribution in [3.8, 4) is 28.8 Å². The Balaban J connectivity index is 1.66. The molecule has 0 bridgehead atoms. The van der Waals surface area contributed by atoms with Crippen LogP contribution in [0.1, 0.15) is 11.1 Å². The van der Waals surface area contributed by atoms with Crippen molar-refractivity contribution in [3.63, 3.8) is 0 Å². The van der Waals surface area contributed by atoms with Gasteiger partial charge in [0.05, 0.1) is 11.4 Å². The van der Waals surface area contributed by atoms with Gasteiger partial charge in [0.15, 0.2) is 0 Å². The Hall–Kier alpha value is -4.63. The van der Waals surface area contributed by atoms with E-state index in [1.54, 1.807) is 10.8 Å². The lowest BCUT2D eigenvalue weighted by Gasteiger charge is -2.07. The number of carbonyl (C=O) groups excluding carboxylic acids is 1. The summed E-state index contributed by atoms with van der Waals surface area (Å²) in [6.07, 6.45) is 3.37. The molecule has 0 unspecified atom stereocenters. The number of benzene rings is 3. The molecule has 0 aliphatic carbocycles. The second-order valence-corrected chi connectivity index (χ2v) is 7.26. The van der Waals surface area contributed by atoms with E-state index in [1.165, 1.54) is 7.05 Å². The molecule has 1 N–H and O–H groups in total. The van der Waals surface area contributed by atoms with Crippen LogP contribution in [-0.2, 0) is 11.4 Å². The van der Waals surface area contributed by atoms with E-state index < -0.39 is 5.91 Å². The first-order valence-corrected chi connectivity index (χ1v) is 10.4. The number of nitrogens with zero attached hydrogens (tertiary/aromatic N) is 3. The normalized spacial score (nSPS) is 11.0. The van der Waals surface area contributed by atoms with Crippen molar-refractivity contribution < 1.29 is 9.53 Å². The standard InChI is InChI=1S/C27H22N4O2/c1-29-27(32)22(17-28)16-23-18-31(24-10-6-3-7-11-24)30-26(23)21-12-14-25(15-13-21)33-19-20-8-4-2-5-9-20/h2-16,18H,19H2,1H3,(H,29,32)/b22-16+. The van der Waals surface area contributed by atoms with Crippen molar-refractivity contribution in [2.45, 2.75) is 6.61 Å². The van der Waals surface area contributed by atoms with E-state index in [4.69, 9.17) is 9.84 Å². The fourth-order valence-corrected chi connectivity index (χ4v) is 3.32. The number of nitriles is 1. The molecule has 6 nitrogen and oxygen atoms in total. The summed E-state index contributed by atoms with van der Waals surface area (Å²) in [6.45, 7) is 0.481. The zero-order valence-electron chi connectivity index (χ0n) is 18.1. The van der Waals surface area contributed by atoms with Crippen molar-refractivity contribution in [1.82, 2.24) is 15.1 Å². The van der Waals surface area contributed by atoms with Crippen LogP contribution in [0, 0.1) is 11.3 Å². The average Bonchev–Trinajstić information content (AvgIpc) is 3.31. The third-order valence-corrected chi connectivity index (χ3v) is 5.03. The Kier molecular flexibility index (Phi) is 6.62. The van der Waals surface area contributed by atoms with E-state index in [2.05, 4.69) is 5.32 Å². The molecule has 1 amide bonds. The number of rotatable bonds is 7. The molecule has 0 aliphatic rings. The summed E-state index contributed by atoms with van der Waals surface area (Å²) in [7, 11) is 1.50. The van der Waals surface area contributed by atoms with Crippen LogP contribution in [0.15, 0.2) is 96.7 Å². The SMILES string of the molecule is CNC(=O)/C(C#N)=C/c1cn(-c2ccccc2)nc1-c1ccc(OCc2ccccc2)cc1. The third-order valence-electron chi connectivity index (χ3n) is 5.03. The predicted octanol–water partition coefficient (Wildman–Crippen LogP) is 4.77. The maximum atomic E-state index is 12.1. The molecule has 3 aromatic carbocycles. The second-order valence-electron chi connectivity index (χ2n) is 7.26. The van der Waals surface area contributed by atoms with E-state index in [0.717, 1.165) is 22.6 Å². The summed E-state index contributed by atoms with van der Waals surface area (Å²) in [5.41, 5.74) is 4.14. The molecule has 4 rings (SSSR count). The summed E-state index contributed by atoms with van der Waals surface area (Å²) in [5, 5.41) is 16.7. The Morgan fingerprint density at radius 3 is 2.33 bits per heavy atom. The van der Waals surface area contributed by atoms with Crippen molar-refractivity contribution in [1.29, 1.82) is 5.26 Å². The van der Waals surface area contributed by atoms with Gasteiger partial charge in [-0.1, -0.05) is 48.5 Å². The Labute approximate surface area is 192 Å². The molecule has 0 saturated carbocycles. The van der Waals surface area contributed by atoms with Crippen molar-refractivity contribution in [3.05, 3.63) is 108 Å². The number of ether oxygens (including phenoxy) is 1. The molecule has 162 valence electrons. The van der Waals surface area contributed by atoms with E-state index in [0.29, 0.717) is 17.9 Å². The fourth-order valence-electron chi connectivity index (χ4n) is 3.32. The maximum absolute atomic E-state index is 12.1. The van der Waals surface area contributed by atoms with Crippen LogP contribution in [0.3, 0.4) is 0 Å². The van der Waals surface area contributed by atoms with Crippen LogP contribution < -0.4 is 10.1 Å². The minimum absolute atomic E-state index is 0.00850. The minimum Gasteiger partial charge on any atom is -0.489 e. The molecule has 0 aliphatic heterocycles. The Morgan fingerprint density at radius 2 is 1.70 bits per heavy atom. The van der Waals surface area contributed by atoms with E-state index in [9.17, 15) is 10.1 Å². The molecule has 4 aromatic rings. The highest BCUT2D eigenvalue weighted by Gasteiger charge is 2.14. The number of para-hydroxylation sites is 1. The van der Waals surface area contributed by atoms with Crippen molar-refractivity contribution in [2.75, 3.05) is 7.05 Å². The first-order chi connectivity index (χ1) is 16.2. The molecule has 6 heteroatoms. The van der Waals surface area contributed by atoms with Gasteiger partial charge in [0.25, 0.3) is 5.91 Å². The summed E-state index contributed by atoms with van der Waals surface area (Å²) in [6, 6.07) is 29.2. The zero-order valence-corrected chi connectivity index (χ0v) is 18.1. The molecule has 0 radical (unpaired) electrons. The topological polar surface area (TPSA) is 79.9 Å². The highest BCUT2D eigenvalue weighted by molar-refractivity contribution is 6.02. The number of amides is 1. The first-order valence-electron chi connectivity index (χ1n) is 10.4. The van der Waals surface area contributed by atoms with Gasteiger partial charge in [0.1, 0.15) is 24.0 Å². The minimum atomic E-state index is -0.444. The van der Waals surface area contributed by atoms with Crippen LogP contribution in [0.5, 0.6) is 5.75 Å². The van der Waals surface area contributed by atoms with Crippen LogP contribution in [0.2, 0.25) is 0 Å². The number of likely N-dealkylation sites (N-methyl/N-ethyl adjacent to an activating group) is 1. The predicted molar refractivity (Wildman–Crippen MR) is 127 cm³/mol. The van der Waals surface area contributed by atoms with Gasteiger partial charge in [-0.15, -0.1) is 0 Å². The van der Waals surface area contributed by atoms with E-state index in [1.807, 2.05) is 97.2 Å². The number of hydrogen-bond acceptors (Lipinski definition) is 4. The van der Waals surface area contributed by atoms with Gasteiger partial charge < -0.3 is 10.1 Å². The van der Waals surface area contributed by atoms with Crippen LogP contribution in [0.25, 0.3) is 23.0 Å². The molecule has 0 spiro atoms. The highest BCUT2D eigenvalue weighted by atomic mass is 16.5. The highest BCUT2D eigenvalue weighted by Crippen LogP contribution is 2.28. The molecule has 0 saturated heterocycles. The van der Waals surface area contributed by atoms with Crippen molar-refractivity contribution >= 4 is 12.0 Å². The first kappa shape index (κ1) is 21.6. The quantitative estimate of drug-likeness (QED) is 0.336. The molecular weight excluding hydrogens is 412 g/mol. The van der Waals surface area contributed by atoms with Crippen LogP contribution in [-0.4, -0.2) is 22.7 Å². The summed E-state index contributed by atoms with van der Waals surface area (Å²) >= 11 is 0. The summed E-state index contributed by atoms with van der Waals surface area (Å²) < 4.78 is 7.62. The molecule has 0 fully saturated rings. The van der Waals surface area contributed by atoms with Gasteiger partial charge in [-0.25, -0.2) is 4.68 Å². The van der Waals surface area contributed by atoms with E-state index >= 15 is 0 Å². The lowest BCUT2D eigenvalue weighted by molar-refractivity contribution is -0.116. The number of carbonyl (C=O) groups is 1. The van der Waals surface area contributed by atoms with Gasteiger partial charge in [-0.3, -0.25) is 4.79 Å². The van der Waals surface area contributed by atoms with Gasteiger partial charge in [-0.2, -0.15) is 10.4 Å². The number of hydrogen-bond donors (Lipinski definition) is 1. The van der Waals surface area contributed by atoms with Crippen molar-refractivity contribution in [2.24, 2.45) is 0 Å². The zero-order chi connectivity index (χ0) is 23.0. The van der Waals surface area contributed by atoms with Gasteiger partial charge in [0.2, 0.25) is 0 Å². The van der Waals surface area contributed by atoms with Crippen LogP contribution >= 0.6 is 0 Å². The van der Waals surface area contributed by atoms with Gasteiger partial charge in [-0.05, 0) is 48.0 Å². The van der Waals surface area contributed by atoms with Gasteiger partial charge in [0, 0.05) is 24.4 Å². The average molecular weight is 434 g/mol. The smallest absolute Gasteiger partial charge is 0.261 e. The Bertz CT molecular complexity index is 1300. The third kappa shape index (κ3) is 5.17. The molecule has 1 heterocycles. The fraction of sp³-hybridized carbons (Fsp3) is 0.0741. The monoisotopic (exact) mass is 434 g/mol. The summed E-state index contributed by atoms with van der Waals surface area (Å²) in [5.74, 6) is 0.297. The molecule has 1 aromatic heterocycles. The molecule has 33 heavy (non-hydrogen) atoms. The lowest BCUT2D eigenvalue weighted by Crippen LogP contribution is -2.19. The van der Waals surface area contributed by atoms with Crippen LogP contribution in [0.4, 0.5) is 0 Å². The lowest BCUT2D eigenvalue weighted by atomic mass is 10.1. The number of nitrogens with one attached hydrogen (secondary N) is 1. The second kappa shape index (κ2) is 10.1. The maximum Gasteiger partial charge on any atom is 0.261 e. The number of aromatic nitrogens is 2. The summed E-state index contributed by atoms with van der Waals surface area (Å²) in [4.78, 5) is 12.1. The van der Waals surface area contributed by atoms with E-state index in [-0.39, 0.29) is 5.57 Å². The molecule has 0 atom stereocenters. The molecular formula is C27H22N4O2. The van der Waals surface area contributed by atoms with Gasteiger partial charge >= 0.3 is 0 Å². The largest absolute Gasteiger partial charge is 0.489 e.